The lowest BCUT2D eigenvalue weighted by Crippen LogP contribution is -2.41. The molecule has 1 aromatic carbocycles. The zero-order chi connectivity index (χ0) is 25.3. The number of nitrogens with zero attached hydrogens (tertiary/aromatic N) is 3. The highest BCUT2D eigenvalue weighted by atomic mass is 79.9. The van der Waals surface area contributed by atoms with Gasteiger partial charge in [-0.2, -0.15) is 5.26 Å². The van der Waals surface area contributed by atoms with Crippen molar-refractivity contribution in [1.82, 2.24) is 9.88 Å². The smallest absolute Gasteiger partial charge is 0.254 e. The number of halogens is 1. The second kappa shape index (κ2) is 10.2. The van der Waals surface area contributed by atoms with Gasteiger partial charge >= 0.3 is 0 Å². The lowest BCUT2D eigenvalue weighted by molar-refractivity contribution is 0.0668. The van der Waals surface area contributed by atoms with Gasteiger partial charge in [-0.15, -0.1) is 0 Å². The topological polar surface area (TPSA) is 75.5 Å². The normalized spacial score (nSPS) is 15.0. The van der Waals surface area contributed by atoms with Crippen LogP contribution in [-0.2, 0) is 17.5 Å². The largest absolute Gasteiger partial charge is 0.492 e. The monoisotopic (exact) mass is 543 g/mol. The first-order chi connectivity index (χ1) is 15.9. The van der Waals surface area contributed by atoms with E-state index in [1.807, 2.05) is 24.8 Å². The SMILES string of the molecule is CCOc1cc(C(C)N2CCc3c(Br)cc(CO[Si](C)(C)C(C)(C)C)cc3C2=O)ncc1C#N. The Morgan fingerprint density at radius 3 is 2.62 bits per heavy atom. The first-order valence-electron chi connectivity index (χ1n) is 11.7. The maximum atomic E-state index is 13.6. The number of fused-ring (bicyclic) bond motifs is 1. The fourth-order valence-electron chi connectivity index (χ4n) is 3.76. The lowest BCUT2D eigenvalue weighted by atomic mass is 9.95. The molecule has 1 aliphatic rings. The zero-order valence-corrected chi connectivity index (χ0v) is 23.7. The molecule has 1 unspecified atom stereocenters. The molecule has 0 N–H and O–H groups in total. The van der Waals surface area contributed by atoms with Crippen molar-refractivity contribution in [2.75, 3.05) is 13.2 Å². The first-order valence-corrected chi connectivity index (χ1v) is 15.4. The quantitative estimate of drug-likeness (QED) is 0.378. The molecule has 1 atom stereocenters. The van der Waals surface area contributed by atoms with Gasteiger partial charge in [0, 0.05) is 28.8 Å². The molecule has 2 aromatic rings. The molecular weight excluding hydrogens is 510 g/mol. The summed E-state index contributed by atoms with van der Waals surface area (Å²) in [5.41, 5.74) is 3.83. The van der Waals surface area contributed by atoms with Gasteiger partial charge in [-0.1, -0.05) is 36.7 Å². The van der Waals surface area contributed by atoms with E-state index in [0.717, 1.165) is 22.0 Å². The highest BCUT2D eigenvalue weighted by Gasteiger charge is 2.37. The van der Waals surface area contributed by atoms with E-state index in [-0.39, 0.29) is 17.0 Å². The minimum atomic E-state index is -1.91. The van der Waals surface area contributed by atoms with E-state index in [1.54, 1.807) is 6.07 Å². The van der Waals surface area contributed by atoms with Gasteiger partial charge in [0.05, 0.1) is 24.9 Å². The van der Waals surface area contributed by atoms with Crippen LogP contribution in [0.5, 0.6) is 5.75 Å². The Labute approximate surface area is 212 Å². The molecule has 34 heavy (non-hydrogen) atoms. The third kappa shape index (κ3) is 5.37. The number of aromatic nitrogens is 1. The molecule has 182 valence electrons. The average molecular weight is 545 g/mol. The number of hydrogen-bond donors (Lipinski definition) is 0. The summed E-state index contributed by atoms with van der Waals surface area (Å²) in [4.78, 5) is 19.9. The molecule has 0 radical (unpaired) electrons. The summed E-state index contributed by atoms with van der Waals surface area (Å²) in [6, 6.07) is 7.69. The molecule has 8 heteroatoms. The van der Waals surface area contributed by atoms with Crippen molar-refractivity contribution in [3.05, 3.63) is 56.8 Å². The van der Waals surface area contributed by atoms with Crippen molar-refractivity contribution >= 4 is 30.2 Å². The van der Waals surface area contributed by atoms with Crippen LogP contribution in [0.3, 0.4) is 0 Å². The van der Waals surface area contributed by atoms with Crippen LogP contribution in [0.25, 0.3) is 0 Å². The lowest BCUT2D eigenvalue weighted by Gasteiger charge is -2.36. The maximum absolute atomic E-state index is 13.6. The fourth-order valence-corrected chi connectivity index (χ4v) is 5.42. The van der Waals surface area contributed by atoms with Crippen molar-refractivity contribution in [2.24, 2.45) is 0 Å². The van der Waals surface area contributed by atoms with Gasteiger partial charge in [0.25, 0.3) is 5.91 Å². The number of amides is 1. The Balaban J connectivity index is 1.87. The molecule has 0 spiro atoms. The minimum absolute atomic E-state index is 0.0206. The number of hydrogen-bond acceptors (Lipinski definition) is 5. The van der Waals surface area contributed by atoms with Crippen LogP contribution in [0, 0.1) is 11.3 Å². The molecule has 1 aliphatic heterocycles. The van der Waals surface area contributed by atoms with Crippen LogP contribution < -0.4 is 4.74 Å². The summed E-state index contributed by atoms with van der Waals surface area (Å²) in [7, 11) is -1.91. The molecule has 6 nitrogen and oxygen atoms in total. The van der Waals surface area contributed by atoms with E-state index in [9.17, 15) is 10.1 Å². The fraction of sp³-hybridized carbons (Fsp3) is 0.500. The maximum Gasteiger partial charge on any atom is 0.254 e. The first kappa shape index (κ1) is 26.4. The summed E-state index contributed by atoms with van der Waals surface area (Å²) in [6.45, 7) is 16.5. The summed E-state index contributed by atoms with van der Waals surface area (Å²) in [5, 5.41) is 9.44. The number of nitriles is 1. The molecule has 3 rings (SSSR count). The summed E-state index contributed by atoms with van der Waals surface area (Å²) in [6.07, 6.45) is 2.27. The number of carbonyl (C=O) groups is 1. The second-order valence-corrected chi connectivity index (χ2v) is 15.9. The van der Waals surface area contributed by atoms with Crippen LogP contribution in [0.15, 0.2) is 28.9 Å². The van der Waals surface area contributed by atoms with Crippen molar-refractivity contribution in [2.45, 2.75) is 71.8 Å². The number of ether oxygens (including phenoxy) is 1. The van der Waals surface area contributed by atoms with E-state index in [0.29, 0.717) is 42.3 Å². The van der Waals surface area contributed by atoms with Crippen molar-refractivity contribution in [1.29, 1.82) is 5.26 Å². The van der Waals surface area contributed by atoms with Gasteiger partial charge in [-0.3, -0.25) is 9.78 Å². The van der Waals surface area contributed by atoms with Gasteiger partial charge in [-0.05, 0) is 61.7 Å². The Kier molecular flexibility index (Phi) is 7.91. The van der Waals surface area contributed by atoms with Crippen molar-refractivity contribution in [3.63, 3.8) is 0 Å². The van der Waals surface area contributed by atoms with Crippen molar-refractivity contribution < 1.29 is 14.0 Å². The second-order valence-electron chi connectivity index (χ2n) is 10.2. The van der Waals surface area contributed by atoms with Crippen LogP contribution in [0.2, 0.25) is 18.1 Å². The van der Waals surface area contributed by atoms with Gasteiger partial charge in [0.2, 0.25) is 0 Å². The van der Waals surface area contributed by atoms with Gasteiger partial charge in [-0.25, -0.2) is 0 Å². The van der Waals surface area contributed by atoms with Crippen LogP contribution in [0.4, 0.5) is 0 Å². The predicted molar refractivity (Wildman–Crippen MR) is 139 cm³/mol. The predicted octanol–water partition coefficient (Wildman–Crippen LogP) is 6.40. The Morgan fingerprint density at radius 2 is 2.00 bits per heavy atom. The van der Waals surface area contributed by atoms with E-state index in [4.69, 9.17) is 9.16 Å². The molecule has 0 saturated carbocycles. The van der Waals surface area contributed by atoms with Gasteiger partial charge in [0.15, 0.2) is 8.32 Å². The molecule has 1 aromatic heterocycles. The Bertz CT molecular complexity index is 1120. The number of rotatable bonds is 7. The van der Waals surface area contributed by atoms with Gasteiger partial charge in [0.1, 0.15) is 17.4 Å². The van der Waals surface area contributed by atoms with Crippen molar-refractivity contribution in [3.8, 4) is 11.8 Å². The van der Waals surface area contributed by atoms with E-state index >= 15 is 0 Å². The molecule has 1 amide bonds. The molecule has 0 fully saturated rings. The molecule has 0 aliphatic carbocycles. The zero-order valence-electron chi connectivity index (χ0n) is 21.2. The standard InChI is InChI=1S/C26H34BrN3O3Si/c1-8-32-24-13-23(29-15-19(24)14-28)17(2)30-10-9-20-21(25(30)31)11-18(12-22(20)27)16-33-34(6,7)26(3,4)5/h11-13,15,17H,8-10,16H2,1-7H3. The van der Waals surface area contributed by atoms with E-state index < -0.39 is 8.32 Å². The Morgan fingerprint density at radius 1 is 1.29 bits per heavy atom. The number of carbonyl (C=O) groups excluding carboxylic acids is 1. The third-order valence-electron chi connectivity index (χ3n) is 6.96. The molecule has 0 saturated heterocycles. The third-order valence-corrected chi connectivity index (χ3v) is 12.1. The molecule has 2 heterocycles. The van der Waals surface area contributed by atoms with Crippen LogP contribution in [0.1, 0.15) is 73.4 Å². The summed E-state index contributed by atoms with van der Waals surface area (Å²) in [5.74, 6) is 0.479. The molecule has 0 bridgehead atoms. The highest BCUT2D eigenvalue weighted by molar-refractivity contribution is 9.10. The van der Waals surface area contributed by atoms with Crippen LogP contribution >= 0.6 is 15.9 Å². The van der Waals surface area contributed by atoms with E-state index in [1.165, 1.54) is 6.20 Å². The van der Waals surface area contributed by atoms with E-state index in [2.05, 4.69) is 66.9 Å². The highest BCUT2D eigenvalue weighted by Crippen LogP contribution is 2.38. The minimum Gasteiger partial charge on any atom is -0.492 e. The van der Waals surface area contributed by atoms with Gasteiger partial charge < -0.3 is 14.1 Å². The van der Waals surface area contributed by atoms with Crippen LogP contribution in [-0.4, -0.2) is 37.3 Å². The molecular formula is C26H34BrN3O3Si. The Hall–Kier alpha value is -2.21. The summed E-state index contributed by atoms with van der Waals surface area (Å²) >= 11 is 3.69. The average Bonchev–Trinajstić information content (AvgIpc) is 2.77. The number of benzene rings is 1. The number of pyridine rings is 1. The summed E-state index contributed by atoms with van der Waals surface area (Å²) < 4.78 is 13.0.